The summed E-state index contributed by atoms with van der Waals surface area (Å²) in [6, 6.07) is 49.9. The molecule has 208 valence electrons. The lowest BCUT2D eigenvalue weighted by atomic mass is 9.93. The molecule has 2 heterocycles. The Balaban J connectivity index is 1.17. The Morgan fingerprint density at radius 1 is 0.568 bits per heavy atom. The first-order chi connectivity index (χ1) is 21.7. The lowest BCUT2D eigenvalue weighted by Gasteiger charge is -2.12. The first-order valence-electron chi connectivity index (χ1n) is 15.2. The highest BCUT2D eigenvalue weighted by molar-refractivity contribution is 6.18. The summed E-state index contributed by atoms with van der Waals surface area (Å²) >= 11 is 0. The second-order valence-corrected chi connectivity index (χ2v) is 11.5. The van der Waals surface area contributed by atoms with E-state index in [-0.39, 0.29) is 0 Å². The van der Waals surface area contributed by atoms with E-state index < -0.39 is 0 Å². The maximum atomic E-state index is 6.51. The minimum atomic E-state index is 0.869. The normalized spacial score (nSPS) is 11.8. The number of fused-ring (bicyclic) bond motifs is 6. The van der Waals surface area contributed by atoms with Gasteiger partial charge in [-0.15, -0.1) is 0 Å². The molecule has 0 aliphatic rings. The number of nitrogens with zero attached hydrogens (tertiary/aromatic N) is 2. The van der Waals surface area contributed by atoms with E-state index in [1.54, 1.807) is 0 Å². The van der Waals surface area contributed by atoms with Gasteiger partial charge < -0.3 is 4.42 Å². The smallest absolute Gasteiger partial charge is 0.143 e. The van der Waals surface area contributed by atoms with Crippen molar-refractivity contribution in [2.75, 3.05) is 0 Å². The largest absolute Gasteiger partial charge is 0.455 e. The van der Waals surface area contributed by atoms with Crippen molar-refractivity contribution in [2.45, 2.75) is 13.3 Å². The summed E-state index contributed by atoms with van der Waals surface area (Å²) in [6.45, 7) is 2.16. The van der Waals surface area contributed by atoms with Gasteiger partial charge >= 0.3 is 0 Å². The van der Waals surface area contributed by atoms with Gasteiger partial charge in [-0.25, -0.2) is 4.98 Å². The topological polar surface area (TPSA) is 31.0 Å². The lowest BCUT2D eigenvalue weighted by Crippen LogP contribution is -2.00. The van der Waals surface area contributed by atoms with Crippen LogP contribution >= 0.6 is 0 Å². The molecule has 0 fully saturated rings. The molecule has 0 aliphatic carbocycles. The van der Waals surface area contributed by atoms with Crippen molar-refractivity contribution in [1.82, 2.24) is 9.55 Å². The minimum absolute atomic E-state index is 0.869. The van der Waals surface area contributed by atoms with Gasteiger partial charge in [0.25, 0.3) is 0 Å². The van der Waals surface area contributed by atoms with Crippen molar-refractivity contribution in [3.05, 3.63) is 145 Å². The quantitative estimate of drug-likeness (QED) is 0.213. The maximum absolute atomic E-state index is 6.51. The summed E-state index contributed by atoms with van der Waals surface area (Å²) in [5, 5.41) is 7.13. The van der Waals surface area contributed by atoms with Gasteiger partial charge in [-0.3, -0.25) is 4.57 Å². The summed E-state index contributed by atoms with van der Waals surface area (Å²) < 4.78 is 8.80. The van der Waals surface area contributed by atoms with Crippen LogP contribution in [-0.4, -0.2) is 9.55 Å². The van der Waals surface area contributed by atoms with Crippen LogP contribution < -0.4 is 0 Å². The third kappa shape index (κ3) is 3.79. The van der Waals surface area contributed by atoms with Crippen LogP contribution in [0.15, 0.2) is 144 Å². The SMILES string of the molecule is CCc1nc2ccccc2n1-c1cccc(-c2ccc3cc(-c4c5ccccc5cc5c4oc4ccccc45)ccc3c2)c1. The molecular weight excluding hydrogens is 536 g/mol. The number of hydrogen-bond donors (Lipinski definition) is 0. The van der Waals surface area contributed by atoms with Crippen LogP contribution in [0.3, 0.4) is 0 Å². The van der Waals surface area contributed by atoms with Crippen molar-refractivity contribution in [2.24, 2.45) is 0 Å². The Morgan fingerprint density at radius 3 is 2.18 bits per heavy atom. The molecule has 3 heteroatoms. The molecule has 3 nitrogen and oxygen atoms in total. The molecule has 2 aromatic heterocycles. The maximum Gasteiger partial charge on any atom is 0.143 e. The van der Waals surface area contributed by atoms with Crippen LogP contribution in [0.1, 0.15) is 12.7 Å². The summed E-state index contributed by atoms with van der Waals surface area (Å²) in [6.07, 6.45) is 0.869. The third-order valence-corrected chi connectivity index (χ3v) is 8.90. The fraction of sp³-hybridized carbons (Fsp3) is 0.0488. The molecule has 44 heavy (non-hydrogen) atoms. The highest BCUT2D eigenvalue weighted by Crippen LogP contribution is 2.42. The number of aryl methyl sites for hydroxylation is 1. The van der Waals surface area contributed by atoms with Crippen molar-refractivity contribution in [3.63, 3.8) is 0 Å². The Bertz CT molecular complexity index is 2550. The van der Waals surface area contributed by atoms with E-state index in [1.165, 1.54) is 32.7 Å². The van der Waals surface area contributed by atoms with E-state index >= 15 is 0 Å². The molecule has 0 saturated carbocycles. The Labute approximate surface area is 254 Å². The van der Waals surface area contributed by atoms with Crippen LogP contribution in [0.2, 0.25) is 0 Å². The van der Waals surface area contributed by atoms with Crippen molar-refractivity contribution in [1.29, 1.82) is 0 Å². The third-order valence-electron chi connectivity index (χ3n) is 8.90. The standard InChI is InChI=1S/C41H28N2O/c1-2-39-42-36-15-6-7-16-37(36)43(39)32-12-9-11-26(24-32)27-18-19-29-23-31(21-20-28(29)22-27)40-33-13-4-3-10-30(33)25-35-34-14-5-8-17-38(34)44-41(35)40/h3-25H,2H2,1H3. The minimum Gasteiger partial charge on any atom is -0.455 e. The molecular formula is C41H28N2O. The van der Waals surface area contributed by atoms with E-state index in [0.717, 1.165) is 62.0 Å². The highest BCUT2D eigenvalue weighted by atomic mass is 16.3. The molecule has 0 bridgehead atoms. The molecule has 0 atom stereocenters. The van der Waals surface area contributed by atoms with Gasteiger partial charge in [0.15, 0.2) is 0 Å². The van der Waals surface area contributed by atoms with Gasteiger partial charge in [0.05, 0.1) is 11.0 Å². The van der Waals surface area contributed by atoms with Gasteiger partial charge in [0.2, 0.25) is 0 Å². The first-order valence-corrected chi connectivity index (χ1v) is 15.2. The van der Waals surface area contributed by atoms with Crippen LogP contribution in [-0.2, 0) is 6.42 Å². The fourth-order valence-electron chi connectivity index (χ4n) is 6.82. The highest BCUT2D eigenvalue weighted by Gasteiger charge is 2.17. The Hall–Kier alpha value is -5.67. The second-order valence-electron chi connectivity index (χ2n) is 11.5. The van der Waals surface area contributed by atoms with E-state index in [9.17, 15) is 0 Å². The van der Waals surface area contributed by atoms with Crippen molar-refractivity contribution < 1.29 is 4.42 Å². The van der Waals surface area contributed by atoms with Gasteiger partial charge in [0, 0.05) is 28.4 Å². The zero-order valence-electron chi connectivity index (χ0n) is 24.3. The monoisotopic (exact) mass is 564 g/mol. The molecule has 9 aromatic rings. The number of benzene rings is 7. The average Bonchev–Trinajstić information content (AvgIpc) is 3.65. The molecule has 7 aromatic carbocycles. The number of para-hydroxylation sites is 3. The van der Waals surface area contributed by atoms with Crippen molar-refractivity contribution in [3.8, 4) is 27.9 Å². The van der Waals surface area contributed by atoms with Crippen molar-refractivity contribution >= 4 is 54.5 Å². The Kier molecular flexibility index (Phi) is 5.48. The van der Waals surface area contributed by atoms with Crippen LogP contribution in [0.25, 0.3) is 82.5 Å². The van der Waals surface area contributed by atoms with Crippen LogP contribution in [0, 0.1) is 0 Å². The van der Waals surface area contributed by atoms with Crippen LogP contribution in [0.5, 0.6) is 0 Å². The molecule has 0 unspecified atom stereocenters. The van der Waals surface area contributed by atoms with E-state index in [0.29, 0.717) is 0 Å². The average molecular weight is 565 g/mol. The Morgan fingerprint density at radius 2 is 1.30 bits per heavy atom. The molecule has 9 rings (SSSR count). The number of rotatable bonds is 4. The molecule has 0 amide bonds. The first kappa shape index (κ1) is 24.9. The molecule has 0 N–H and O–H groups in total. The zero-order valence-corrected chi connectivity index (χ0v) is 24.3. The van der Waals surface area contributed by atoms with Crippen LogP contribution in [0.4, 0.5) is 0 Å². The van der Waals surface area contributed by atoms with E-state index in [2.05, 4.69) is 145 Å². The van der Waals surface area contributed by atoms with Gasteiger partial charge in [-0.1, -0.05) is 97.9 Å². The second kappa shape index (κ2) is 9.68. The van der Waals surface area contributed by atoms with Gasteiger partial charge in [-0.2, -0.15) is 0 Å². The summed E-state index contributed by atoms with van der Waals surface area (Å²) in [5.41, 5.74) is 9.85. The zero-order chi connectivity index (χ0) is 29.2. The lowest BCUT2D eigenvalue weighted by molar-refractivity contribution is 0.670. The predicted molar refractivity (Wildman–Crippen MR) is 184 cm³/mol. The van der Waals surface area contributed by atoms with Gasteiger partial charge in [0.1, 0.15) is 17.0 Å². The fourth-order valence-corrected chi connectivity index (χ4v) is 6.82. The number of hydrogen-bond acceptors (Lipinski definition) is 2. The molecule has 0 spiro atoms. The summed E-state index contributed by atoms with van der Waals surface area (Å²) in [4.78, 5) is 4.89. The number of imidazole rings is 1. The summed E-state index contributed by atoms with van der Waals surface area (Å²) in [5.74, 6) is 1.07. The molecule has 0 saturated heterocycles. The van der Waals surface area contributed by atoms with E-state index in [4.69, 9.17) is 9.40 Å². The number of furan rings is 1. The molecule has 0 aliphatic heterocycles. The molecule has 0 radical (unpaired) electrons. The predicted octanol–water partition coefficient (Wildman–Crippen LogP) is 11.1. The van der Waals surface area contributed by atoms with Gasteiger partial charge in [-0.05, 0) is 86.8 Å². The van der Waals surface area contributed by atoms with E-state index in [1.807, 2.05) is 6.07 Å². The number of aromatic nitrogens is 2. The summed E-state index contributed by atoms with van der Waals surface area (Å²) in [7, 11) is 0.